The first-order chi connectivity index (χ1) is 10.6. The summed E-state index contributed by atoms with van der Waals surface area (Å²) in [5.41, 5.74) is 4.08. The molecule has 1 amide bonds. The fourth-order valence-electron chi connectivity index (χ4n) is 2.92. The van der Waals surface area contributed by atoms with Gasteiger partial charge >= 0.3 is 0 Å². The molecular formula is C18H19NO3. The van der Waals surface area contributed by atoms with E-state index in [1.54, 1.807) is 14.2 Å². The van der Waals surface area contributed by atoms with E-state index in [-0.39, 0.29) is 11.8 Å². The van der Waals surface area contributed by atoms with Gasteiger partial charge in [-0.2, -0.15) is 0 Å². The molecule has 0 saturated carbocycles. The van der Waals surface area contributed by atoms with Crippen molar-refractivity contribution in [2.24, 2.45) is 0 Å². The standard InChI is InChI=1S/C18H19NO3/c1-11-4-6-12(7-5-11)14-10-17(20)19-15-8-13(21-2)9-16(22-3)18(14)15/h4-9,14H,10H2,1-3H3,(H,19,20)/t14-/m0/s1. The number of benzene rings is 2. The van der Waals surface area contributed by atoms with Crippen LogP contribution in [0.25, 0.3) is 0 Å². The number of carbonyl (C=O) groups is 1. The van der Waals surface area contributed by atoms with Crippen molar-refractivity contribution in [2.45, 2.75) is 19.3 Å². The molecule has 2 aromatic carbocycles. The number of anilines is 1. The Labute approximate surface area is 130 Å². The van der Waals surface area contributed by atoms with Gasteiger partial charge in [-0.15, -0.1) is 0 Å². The van der Waals surface area contributed by atoms with Crippen LogP contribution in [0.5, 0.6) is 11.5 Å². The van der Waals surface area contributed by atoms with Crippen LogP contribution in [0.4, 0.5) is 5.69 Å². The number of carbonyl (C=O) groups excluding carboxylic acids is 1. The van der Waals surface area contributed by atoms with Crippen molar-refractivity contribution in [1.82, 2.24) is 0 Å². The quantitative estimate of drug-likeness (QED) is 0.943. The average molecular weight is 297 g/mol. The van der Waals surface area contributed by atoms with Gasteiger partial charge in [-0.25, -0.2) is 0 Å². The third-order valence-corrected chi connectivity index (χ3v) is 4.06. The van der Waals surface area contributed by atoms with Gasteiger partial charge in [0.15, 0.2) is 0 Å². The van der Waals surface area contributed by atoms with E-state index in [2.05, 4.69) is 36.5 Å². The van der Waals surface area contributed by atoms with Crippen LogP contribution in [0.15, 0.2) is 36.4 Å². The number of hydrogen-bond acceptors (Lipinski definition) is 3. The van der Waals surface area contributed by atoms with E-state index < -0.39 is 0 Å². The molecular weight excluding hydrogens is 278 g/mol. The average Bonchev–Trinajstić information content (AvgIpc) is 2.53. The summed E-state index contributed by atoms with van der Waals surface area (Å²) in [7, 11) is 3.24. The Hall–Kier alpha value is -2.49. The van der Waals surface area contributed by atoms with Crippen LogP contribution in [0.2, 0.25) is 0 Å². The second-order valence-electron chi connectivity index (χ2n) is 5.51. The first kappa shape index (κ1) is 14.4. The molecule has 1 N–H and O–H groups in total. The molecule has 1 atom stereocenters. The van der Waals surface area contributed by atoms with E-state index in [0.29, 0.717) is 12.2 Å². The van der Waals surface area contributed by atoms with Crippen molar-refractivity contribution in [1.29, 1.82) is 0 Å². The summed E-state index contributed by atoms with van der Waals surface area (Å²) in [6.45, 7) is 2.05. The summed E-state index contributed by atoms with van der Waals surface area (Å²) in [5, 5.41) is 2.92. The summed E-state index contributed by atoms with van der Waals surface area (Å²) in [5.74, 6) is 1.40. The number of ether oxygens (including phenoxy) is 2. The molecule has 2 aromatic rings. The minimum absolute atomic E-state index is 0.00776. The molecule has 0 fully saturated rings. The van der Waals surface area contributed by atoms with Gasteiger partial charge in [0.25, 0.3) is 0 Å². The number of nitrogens with one attached hydrogen (secondary N) is 1. The van der Waals surface area contributed by atoms with Gasteiger partial charge < -0.3 is 14.8 Å². The zero-order chi connectivity index (χ0) is 15.7. The molecule has 3 rings (SSSR count). The maximum Gasteiger partial charge on any atom is 0.225 e. The monoisotopic (exact) mass is 297 g/mol. The normalized spacial score (nSPS) is 16.7. The first-order valence-corrected chi connectivity index (χ1v) is 7.24. The lowest BCUT2D eigenvalue weighted by atomic mass is 9.84. The molecule has 0 aromatic heterocycles. The third-order valence-electron chi connectivity index (χ3n) is 4.06. The van der Waals surface area contributed by atoms with Crippen molar-refractivity contribution in [3.05, 3.63) is 53.1 Å². The highest BCUT2D eigenvalue weighted by Gasteiger charge is 2.30. The van der Waals surface area contributed by atoms with Crippen LogP contribution in [-0.2, 0) is 4.79 Å². The number of amides is 1. The lowest BCUT2D eigenvalue weighted by Crippen LogP contribution is -2.24. The largest absolute Gasteiger partial charge is 0.497 e. The minimum Gasteiger partial charge on any atom is -0.497 e. The van der Waals surface area contributed by atoms with Crippen LogP contribution in [0.1, 0.15) is 29.0 Å². The second kappa shape index (κ2) is 5.72. The highest BCUT2D eigenvalue weighted by Crippen LogP contribution is 2.44. The smallest absolute Gasteiger partial charge is 0.225 e. The van der Waals surface area contributed by atoms with Crippen molar-refractivity contribution in [3.8, 4) is 11.5 Å². The molecule has 0 unspecified atom stereocenters. The molecule has 1 aliphatic heterocycles. The van der Waals surface area contributed by atoms with E-state index in [1.165, 1.54) is 5.56 Å². The van der Waals surface area contributed by atoms with Crippen molar-refractivity contribution in [3.63, 3.8) is 0 Å². The molecule has 4 heteroatoms. The van der Waals surface area contributed by atoms with Crippen LogP contribution >= 0.6 is 0 Å². The van der Waals surface area contributed by atoms with Gasteiger partial charge in [-0.3, -0.25) is 4.79 Å². The summed E-state index contributed by atoms with van der Waals surface area (Å²) in [6, 6.07) is 12.0. The highest BCUT2D eigenvalue weighted by molar-refractivity contribution is 5.96. The van der Waals surface area contributed by atoms with E-state index in [4.69, 9.17) is 9.47 Å². The maximum atomic E-state index is 12.1. The number of fused-ring (bicyclic) bond motifs is 1. The van der Waals surface area contributed by atoms with Crippen LogP contribution in [0, 0.1) is 6.92 Å². The molecule has 22 heavy (non-hydrogen) atoms. The Bertz CT molecular complexity index is 707. The van der Waals surface area contributed by atoms with Crippen LogP contribution in [0.3, 0.4) is 0 Å². The molecule has 4 nitrogen and oxygen atoms in total. The number of aryl methyl sites for hydroxylation is 1. The van der Waals surface area contributed by atoms with Crippen molar-refractivity contribution in [2.75, 3.05) is 19.5 Å². The molecule has 0 aliphatic carbocycles. The summed E-state index contributed by atoms with van der Waals surface area (Å²) >= 11 is 0. The summed E-state index contributed by atoms with van der Waals surface area (Å²) < 4.78 is 10.8. The molecule has 1 aliphatic rings. The van der Waals surface area contributed by atoms with Gasteiger partial charge in [0.05, 0.1) is 19.9 Å². The van der Waals surface area contributed by atoms with Gasteiger partial charge in [-0.1, -0.05) is 29.8 Å². The van der Waals surface area contributed by atoms with E-state index >= 15 is 0 Å². The van der Waals surface area contributed by atoms with Crippen molar-refractivity contribution < 1.29 is 14.3 Å². The fourth-order valence-corrected chi connectivity index (χ4v) is 2.92. The fraction of sp³-hybridized carbons (Fsp3) is 0.278. The zero-order valence-corrected chi connectivity index (χ0v) is 13.0. The number of rotatable bonds is 3. The van der Waals surface area contributed by atoms with E-state index in [9.17, 15) is 4.79 Å². The molecule has 114 valence electrons. The first-order valence-electron chi connectivity index (χ1n) is 7.24. The lowest BCUT2D eigenvalue weighted by molar-refractivity contribution is -0.116. The molecule has 0 radical (unpaired) electrons. The molecule has 0 saturated heterocycles. The predicted molar refractivity (Wildman–Crippen MR) is 85.8 cm³/mol. The lowest BCUT2D eigenvalue weighted by Gasteiger charge is -2.28. The molecule has 1 heterocycles. The Balaban J connectivity index is 2.15. The van der Waals surface area contributed by atoms with Crippen LogP contribution in [-0.4, -0.2) is 20.1 Å². The Kier molecular flexibility index (Phi) is 3.75. The second-order valence-corrected chi connectivity index (χ2v) is 5.51. The third kappa shape index (κ3) is 2.52. The van der Waals surface area contributed by atoms with Gasteiger partial charge in [0.1, 0.15) is 11.5 Å². The molecule has 0 bridgehead atoms. The Morgan fingerprint density at radius 3 is 2.45 bits per heavy atom. The highest BCUT2D eigenvalue weighted by atomic mass is 16.5. The number of methoxy groups -OCH3 is 2. The summed E-state index contributed by atoms with van der Waals surface area (Å²) in [4.78, 5) is 12.1. The maximum absolute atomic E-state index is 12.1. The predicted octanol–water partition coefficient (Wildman–Crippen LogP) is 3.49. The minimum atomic E-state index is -0.00907. The topological polar surface area (TPSA) is 47.6 Å². The van der Waals surface area contributed by atoms with Gasteiger partial charge in [0, 0.05) is 30.0 Å². The Morgan fingerprint density at radius 1 is 1.09 bits per heavy atom. The van der Waals surface area contributed by atoms with Crippen LogP contribution < -0.4 is 14.8 Å². The zero-order valence-electron chi connectivity index (χ0n) is 13.0. The van der Waals surface area contributed by atoms with Gasteiger partial charge in [0.2, 0.25) is 5.91 Å². The molecule has 0 spiro atoms. The summed E-state index contributed by atoms with van der Waals surface area (Å²) in [6.07, 6.45) is 0.415. The Morgan fingerprint density at radius 2 is 1.82 bits per heavy atom. The SMILES string of the molecule is COc1cc2c(c(OC)c1)[C@H](c1ccc(C)cc1)CC(=O)N2. The number of hydrogen-bond donors (Lipinski definition) is 1. The van der Waals surface area contributed by atoms with E-state index in [1.807, 2.05) is 12.1 Å². The van der Waals surface area contributed by atoms with E-state index in [0.717, 1.165) is 22.6 Å². The van der Waals surface area contributed by atoms with Gasteiger partial charge in [-0.05, 0) is 12.5 Å². The van der Waals surface area contributed by atoms with Crippen molar-refractivity contribution >= 4 is 11.6 Å².